The van der Waals surface area contributed by atoms with Crippen LogP contribution in [0.2, 0.25) is 0 Å². The Bertz CT molecular complexity index is 333. The van der Waals surface area contributed by atoms with Crippen molar-refractivity contribution in [3.8, 4) is 0 Å². The number of rotatable bonds is 8. The van der Waals surface area contributed by atoms with E-state index in [-0.39, 0.29) is 0 Å². The van der Waals surface area contributed by atoms with Gasteiger partial charge in [-0.25, -0.2) is 0 Å². The highest BCUT2D eigenvalue weighted by atomic mass is 14.9. The number of nitrogens with zero attached hydrogens (tertiary/aromatic N) is 1. The standard InChI is InChI=1S/C15H24N2/c1-4-5-6-7-8-11-14(16-3)15-12-9-10-13(2)17-15/h4,9-10,12,14,16H,1,5-8,11H2,2-3H3. The van der Waals surface area contributed by atoms with Crippen LogP contribution in [-0.2, 0) is 0 Å². The van der Waals surface area contributed by atoms with Crippen molar-refractivity contribution in [2.75, 3.05) is 7.05 Å². The second-order valence-electron chi connectivity index (χ2n) is 4.47. The maximum atomic E-state index is 4.58. The van der Waals surface area contributed by atoms with Crippen LogP contribution in [0.1, 0.15) is 49.5 Å². The predicted molar refractivity (Wildman–Crippen MR) is 74.1 cm³/mol. The van der Waals surface area contributed by atoms with Crippen LogP contribution in [0.25, 0.3) is 0 Å². The molecule has 0 saturated heterocycles. The van der Waals surface area contributed by atoms with Crippen molar-refractivity contribution >= 4 is 0 Å². The van der Waals surface area contributed by atoms with Gasteiger partial charge in [0.2, 0.25) is 0 Å². The van der Waals surface area contributed by atoms with Crippen LogP contribution in [0.3, 0.4) is 0 Å². The molecule has 1 unspecified atom stereocenters. The third-order valence-corrected chi connectivity index (χ3v) is 3.02. The summed E-state index contributed by atoms with van der Waals surface area (Å²) in [6, 6.07) is 6.62. The number of aromatic nitrogens is 1. The number of unbranched alkanes of at least 4 members (excludes halogenated alkanes) is 3. The summed E-state index contributed by atoms with van der Waals surface area (Å²) in [7, 11) is 2.01. The molecule has 0 bridgehead atoms. The van der Waals surface area contributed by atoms with Crippen LogP contribution in [0, 0.1) is 6.92 Å². The molecule has 0 aliphatic carbocycles. The third kappa shape index (κ3) is 5.14. The molecular formula is C15H24N2. The maximum absolute atomic E-state index is 4.58. The van der Waals surface area contributed by atoms with Crippen LogP contribution in [0.15, 0.2) is 30.9 Å². The van der Waals surface area contributed by atoms with Crippen molar-refractivity contribution < 1.29 is 0 Å². The van der Waals surface area contributed by atoms with Gasteiger partial charge in [0.15, 0.2) is 0 Å². The fourth-order valence-electron chi connectivity index (χ4n) is 2.01. The lowest BCUT2D eigenvalue weighted by atomic mass is 10.0. The van der Waals surface area contributed by atoms with Gasteiger partial charge >= 0.3 is 0 Å². The summed E-state index contributed by atoms with van der Waals surface area (Å²) >= 11 is 0. The van der Waals surface area contributed by atoms with Crippen molar-refractivity contribution in [2.45, 2.75) is 45.1 Å². The van der Waals surface area contributed by atoms with Gasteiger partial charge in [0.05, 0.1) is 5.69 Å². The molecule has 0 saturated carbocycles. The average Bonchev–Trinajstić information content (AvgIpc) is 2.34. The summed E-state index contributed by atoms with van der Waals surface area (Å²) in [6.07, 6.45) is 8.06. The van der Waals surface area contributed by atoms with E-state index in [4.69, 9.17) is 0 Å². The first kappa shape index (κ1) is 13.9. The predicted octanol–water partition coefficient (Wildman–Crippen LogP) is 3.79. The Labute approximate surface area is 105 Å². The quantitative estimate of drug-likeness (QED) is 0.545. The molecule has 0 amide bonds. The van der Waals surface area contributed by atoms with Crippen LogP contribution >= 0.6 is 0 Å². The molecule has 1 N–H and O–H groups in total. The Morgan fingerprint density at radius 1 is 1.35 bits per heavy atom. The highest BCUT2D eigenvalue weighted by Gasteiger charge is 2.09. The Kier molecular flexibility index (Phi) is 6.56. The van der Waals surface area contributed by atoms with Gasteiger partial charge in [0, 0.05) is 11.7 Å². The van der Waals surface area contributed by atoms with Gasteiger partial charge in [-0.2, -0.15) is 0 Å². The zero-order valence-corrected chi connectivity index (χ0v) is 11.1. The fraction of sp³-hybridized carbons (Fsp3) is 0.533. The van der Waals surface area contributed by atoms with E-state index in [1.807, 2.05) is 26.1 Å². The lowest BCUT2D eigenvalue weighted by Crippen LogP contribution is -2.17. The van der Waals surface area contributed by atoms with Crippen LogP contribution in [-0.4, -0.2) is 12.0 Å². The lowest BCUT2D eigenvalue weighted by molar-refractivity contribution is 0.497. The molecule has 1 aromatic heterocycles. The summed E-state index contributed by atoms with van der Waals surface area (Å²) in [5.41, 5.74) is 2.26. The summed E-state index contributed by atoms with van der Waals surface area (Å²) < 4.78 is 0. The molecule has 1 rings (SSSR count). The van der Waals surface area contributed by atoms with E-state index in [2.05, 4.69) is 29.0 Å². The van der Waals surface area contributed by atoms with Crippen molar-refractivity contribution in [3.05, 3.63) is 42.2 Å². The first-order valence-corrected chi connectivity index (χ1v) is 6.49. The van der Waals surface area contributed by atoms with Crippen molar-refractivity contribution in [1.29, 1.82) is 0 Å². The first-order valence-electron chi connectivity index (χ1n) is 6.49. The van der Waals surface area contributed by atoms with Crippen molar-refractivity contribution in [3.63, 3.8) is 0 Å². The fourth-order valence-corrected chi connectivity index (χ4v) is 2.01. The molecule has 0 aliphatic rings. The highest BCUT2D eigenvalue weighted by Crippen LogP contribution is 2.18. The zero-order valence-electron chi connectivity index (χ0n) is 11.1. The summed E-state index contributed by atoms with van der Waals surface area (Å²) in [6.45, 7) is 5.79. The molecule has 0 spiro atoms. The molecule has 0 fully saturated rings. The molecular weight excluding hydrogens is 208 g/mol. The third-order valence-electron chi connectivity index (χ3n) is 3.02. The minimum absolute atomic E-state index is 0.388. The number of hydrogen-bond acceptors (Lipinski definition) is 2. The summed E-state index contributed by atoms with van der Waals surface area (Å²) in [5, 5.41) is 3.35. The summed E-state index contributed by atoms with van der Waals surface area (Å²) in [4.78, 5) is 4.58. The monoisotopic (exact) mass is 232 g/mol. The minimum atomic E-state index is 0.388. The van der Waals surface area contributed by atoms with Gasteiger partial charge in [-0.15, -0.1) is 6.58 Å². The normalized spacial score (nSPS) is 12.4. The molecule has 1 heterocycles. The van der Waals surface area contributed by atoms with Gasteiger partial charge in [0.1, 0.15) is 0 Å². The molecule has 1 atom stereocenters. The van der Waals surface area contributed by atoms with Gasteiger partial charge in [-0.3, -0.25) is 4.98 Å². The lowest BCUT2D eigenvalue weighted by Gasteiger charge is -2.15. The zero-order chi connectivity index (χ0) is 12.5. The van der Waals surface area contributed by atoms with E-state index >= 15 is 0 Å². The Morgan fingerprint density at radius 2 is 2.18 bits per heavy atom. The first-order chi connectivity index (χ1) is 8.27. The highest BCUT2D eigenvalue weighted by molar-refractivity contribution is 5.13. The Balaban J connectivity index is 2.40. The average molecular weight is 232 g/mol. The van der Waals surface area contributed by atoms with Crippen molar-refractivity contribution in [2.24, 2.45) is 0 Å². The Hall–Kier alpha value is -1.15. The second-order valence-corrected chi connectivity index (χ2v) is 4.47. The molecule has 2 nitrogen and oxygen atoms in total. The maximum Gasteiger partial charge on any atom is 0.0576 e. The smallest absolute Gasteiger partial charge is 0.0576 e. The van der Waals surface area contributed by atoms with Crippen LogP contribution in [0.5, 0.6) is 0 Å². The SMILES string of the molecule is C=CCCCCCC(NC)c1cccc(C)n1. The number of allylic oxidation sites excluding steroid dienone is 1. The van der Waals surface area contributed by atoms with E-state index in [1.54, 1.807) is 0 Å². The van der Waals surface area contributed by atoms with Gasteiger partial charge in [0.25, 0.3) is 0 Å². The van der Waals surface area contributed by atoms with E-state index in [0.29, 0.717) is 6.04 Å². The topological polar surface area (TPSA) is 24.9 Å². The second kappa shape index (κ2) is 8.02. The molecule has 17 heavy (non-hydrogen) atoms. The number of aryl methyl sites for hydroxylation is 1. The largest absolute Gasteiger partial charge is 0.312 e. The van der Waals surface area contributed by atoms with Crippen molar-refractivity contribution in [1.82, 2.24) is 10.3 Å². The van der Waals surface area contributed by atoms with E-state index in [9.17, 15) is 0 Å². The Morgan fingerprint density at radius 3 is 2.82 bits per heavy atom. The molecule has 1 aromatic rings. The van der Waals surface area contributed by atoms with Gasteiger partial charge in [-0.1, -0.05) is 25.0 Å². The molecule has 94 valence electrons. The number of pyridine rings is 1. The van der Waals surface area contributed by atoms with Gasteiger partial charge in [-0.05, 0) is 45.4 Å². The minimum Gasteiger partial charge on any atom is -0.312 e. The van der Waals surface area contributed by atoms with Gasteiger partial charge < -0.3 is 5.32 Å². The molecule has 0 aromatic carbocycles. The van der Waals surface area contributed by atoms with E-state index in [0.717, 1.165) is 24.2 Å². The van der Waals surface area contributed by atoms with E-state index in [1.165, 1.54) is 19.3 Å². The molecule has 0 aliphatic heterocycles. The number of nitrogens with one attached hydrogen (secondary N) is 1. The number of hydrogen-bond donors (Lipinski definition) is 1. The van der Waals surface area contributed by atoms with E-state index < -0.39 is 0 Å². The molecule has 2 heteroatoms. The van der Waals surface area contributed by atoms with Crippen LogP contribution in [0.4, 0.5) is 0 Å². The molecule has 0 radical (unpaired) electrons. The summed E-state index contributed by atoms with van der Waals surface area (Å²) in [5.74, 6) is 0. The van der Waals surface area contributed by atoms with Crippen LogP contribution < -0.4 is 5.32 Å².